The second-order valence-corrected chi connectivity index (χ2v) is 6.90. The lowest BCUT2D eigenvalue weighted by atomic mass is 10.1. The lowest BCUT2D eigenvalue weighted by molar-refractivity contribution is -0.120. The molecule has 4 nitrogen and oxygen atoms in total. The zero-order valence-corrected chi connectivity index (χ0v) is 15.4. The zero-order chi connectivity index (χ0) is 18.6. The summed E-state index contributed by atoms with van der Waals surface area (Å²) in [4.78, 5) is 12.4. The van der Waals surface area contributed by atoms with E-state index in [9.17, 15) is 4.79 Å². The van der Waals surface area contributed by atoms with E-state index in [-0.39, 0.29) is 5.91 Å². The second kappa shape index (κ2) is 7.72. The molecule has 0 unspecified atom stereocenters. The highest BCUT2D eigenvalue weighted by Crippen LogP contribution is 2.23. The first kappa shape index (κ1) is 17.4. The molecule has 0 aliphatic heterocycles. The van der Waals surface area contributed by atoms with Gasteiger partial charge in [0, 0.05) is 28.7 Å². The summed E-state index contributed by atoms with van der Waals surface area (Å²) in [7, 11) is 0. The van der Waals surface area contributed by atoms with Gasteiger partial charge in [-0.05, 0) is 41.5 Å². The molecule has 0 bridgehead atoms. The van der Waals surface area contributed by atoms with Crippen molar-refractivity contribution < 1.29 is 9.21 Å². The van der Waals surface area contributed by atoms with Gasteiger partial charge in [-0.3, -0.25) is 4.79 Å². The third kappa shape index (κ3) is 4.07. The number of furan rings is 1. The number of nitrogens with zero attached hydrogens (tertiary/aromatic N) is 1. The van der Waals surface area contributed by atoms with Crippen LogP contribution in [-0.2, 0) is 24.3 Å². The van der Waals surface area contributed by atoms with Gasteiger partial charge in [-0.15, -0.1) is 0 Å². The third-order valence-electron chi connectivity index (χ3n) is 4.53. The van der Waals surface area contributed by atoms with Gasteiger partial charge in [0.15, 0.2) is 0 Å². The summed E-state index contributed by atoms with van der Waals surface area (Å²) >= 11 is 5.98. The van der Waals surface area contributed by atoms with Gasteiger partial charge in [0.05, 0.1) is 19.2 Å². The molecule has 2 heterocycles. The lowest BCUT2D eigenvalue weighted by Crippen LogP contribution is -2.24. The van der Waals surface area contributed by atoms with Crippen LogP contribution < -0.4 is 5.32 Å². The van der Waals surface area contributed by atoms with Gasteiger partial charge in [0.1, 0.15) is 5.76 Å². The Bertz CT molecular complexity index is 1050. The molecule has 2 aromatic carbocycles. The monoisotopic (exact) mass is 378 g/mol. The van der Waals surface area contributed by atoms with Crippen molar-refractivity contribution in [1.29, 1.82) is 0 Å². The molecule has 0 radical (unpaired) electrons. The summed E-state index contributed by atoms with van der Waals surface area (Å²) < 4.78 is 7.43. The quantitative estimate of drug-likeness (QED) is 0.524. The summed E-state index contributed by atoms with van der Waals surface area (Å²) in [6, 6.07) is 19.6. The van der Waals surface area contributed by atoms with Crippen LogP contribution in [0.25, 0.3) is 10.9 Å². The highest BCUT2D eigenvalue weighted by atomic mass is 35.5. The Labute approximate surface area is 162 Å². The fraction of sp³-hybridized carbons (Fsp3) is 0.136. The largest absolute Gasteiger partial charge is 0.467 e. The van der Waals surface area contributed by atoms with Crippen molar-refractivity contribution in [2.75, 3.05) is 0 Å². The fourth-order valence-corrected chi connectivity index (χ4v) is 3.34. The Balaban J connectivity index is 1.54. The maximum atomic E-state index is 12.4. The summed E-state index contributed by atoms with van der Waals surface area (Å²) in [5, 5.41) is 4.73. The van der Waals surface area contributed by atoms with Crippen LogP contribution in [0.5, 0.6) is 0 Å². The van der Waals surface area contributed by atoms with E-state index >= 15 is 0 Å². The van der Waals surface area contributed by atoms with Gasteiger partial charge in [0.2, 0.25) is 5.91 Å². The van der Waals surface area contributed by atoms with E-state index in [1.54, 1.807) is 6.26 Å². The zero-order valence-electron chi connectivity index (χ0n) is 14.7. The first-order chi connectivity index (χ1) is 13.2. The fourth-order valence-electron chi connectivity index (χ4n) is 3.22. The Morgan fingerprint density at radius 2 is 1.85 bits per heavy atom. The van der Waals surface area contributed by atoms with Gasteiger partial charge < -0.3 is 14.3 Å². The molecule has 4 aromatic rings. The minimum Gasteiger partial charge on any atom is -0.467 e. The number of halogens is 1. The van der Waals surface area contributed by atoms with Gasteiger partial charge in [-0.25, -0.2) is 0 Å². The lowest BCUT2D eigenvalue weighted by Gasteiger charge is -2.05. The number of fused-ring (bicyclic) bond motifs is 1. The molecular weight excluding hydrogens is 360 g/mol. The number of hydrogen-bond donors (Lipinski definition) is 1. The Hall–Kier alpha value is -2.98. The van der Waals surface area contributed by atoms with E-state index in [1.807, 2.05) is 48.5 Å². The van der Waals surface area contributed by atoms with Crippen molar-refractivity contribution in [3.8, 4) is 0 Å². The Kier molecular flexibility index (Phi) is 4.99. The molecule has 0 aliphatic carbocycles. The van der Waals surface area contributed by atoms with Crippen molar-refractivity contribution >= 4 is 28.4 Å². The molecule has 27 heavy (non-hydrogen) atoms. The van der Waals surface area contributed by atoms with E-state index in [0.29, 0.717) is 13.0 Å². The molecule has 0 saturated carbocycles. The molecule has 2 aromatic heterocycles. The highest BCUT2D eigenvalue weighted by Gasteiger charge is 2.12. The molecule has 0 spiro atoms. The smallest absolute Gasteiger partial charge is 0.224 e. The molecule has 5 heteroatoms. The van der Waals surface area contributed by atoms with Crippen LogP contribution in [0.3, 0.4) is 0 Å². The summed E-state index contributed by atoms with van der Waals surface area (Å²) in [5.41, 5.74) is 3.28. The van der Waals surface area contributed by atoms with Crippen molar-refractivity contribution in [3.63, 3.8) is 0 Å². The van der Waals surface area contributed by atoms with E-state index in [0.717, 1.165) is 39.4 Å². The highest BCUT2D eigenvalue weighted by molar-refractivity contribution is 6.30. The molecule has 0 atom stereocenters. The maximum Gasteiger partial charge on any atom is 0.224 e. The molecular formula is C22H19ClN2O2. The number of amides is 1. The average Bonchev–Trinajstić information content (AvgIpc) is 3.31. The molecule has 136 valence electrons. The number of hydrogen-bond acceptors (Lipinski definition) is 2. The van der Waals surface area contributed by atoms with Crippen molar-refractivity contribution in [3.05, 3.63) is 95.0 Å². The van der Waals surface area contributed by atoms with Crippen LogP contribution in [0.15, 0.2) is 77.5 Å². The topological polar surface area (TPSA) is 47.2 Å². The average molecular weight is 379 g/mol. The van der Waals surface area contributed by atoms with E-state index in [2.05, 4.69) is 28.2 Å². The Morgan fingerprint density at radius 1 is 1.04 bits per heavy atom. The van der Waals surface area contributed by atoms with E-state index in [4.69, 9.17) is 16.0 Å². The van der Waals surface area contributed by atoms with Crippen molar-refractivity contribution in [2.24, 2.45) is 0 Å². The van der Waals surface area contributed by atoms with Crippen LogP contribution in [0.1, 0.15) is 16.9 Å². The molecule has 4 rings (SSSR count). The SMILES string of the molecule is O=C(Cc1cn(Cc2ccc(Cl)cc2)c2ccccc12)NCc1ccco1. The van der Waals surface area contributed by atoms with Gasteiger partial charge in [0.25, 0.3) is 0 Å². The van der Waals surface area contributed by atoms with Crippen LogP contribution in [0.2, 0.25) is 5.02 Å². The van der Waals surface area contributed by atoms with Crippen molar-refractivity contribution in [2.45, 2.75) is 19.5 Å². The summed E-state index contributed by atoms with van der Waals surface area (Å²) in [6.45, 7) is 1.13. The number of aromatic nitrogens is 1. The summed E-state index contributed by atoms with van der Waals surface area (Å²) in [6.07, 6.45) is 3.99. The van der Waals surface area contributed by atoms with Gasteiger partial charge in [-0.1, -0.05) is 41.9 Å². The predicted molar refractivity (Wildman–Crippen MR) is 107 cm³/mol. The standard InChI is InChI=1S/C22H19ClN2O2/c23-18-9-7-16(8-10-18)14-25-15-17(20-5-1-2-6-21(20)25)12-22(26)24-13-19-4-3-11-27-19/h1-11,15H,12-14H2,(H,24,26). The number of carbonyl (C=O) groups excluding carboxylic acids is 1. The van der Waals surface area contributed by atoms with Crippen LogP contribution >= 0.6 is 11.6 Å². The van der Waals surface area contributed by atoms with Crippen LogP contribution in [-0.4, -0.2) is 10.5 Å². The van der Waals surface area contributed by atoms with Crippen LogP contribution in [0.4, 0.5) is 0 Å². The first-order valence-corrected chi connectivity index (χ1v) is 9.17. The summed E-state index contributed by atoms with van der Waals surface area (Å²) in [5.74, 6) is 0.717. The molecule has 0 fully saturated rings. The van der Waals surface area contributed by atoms with Crippen molar-refractivity contribution in [1.82, 2.24) is 9.88 Å². The van der Waals surface area contributed by atoms with E-state index < -0.39 is 0 Å². The molecule has 0 saturated heterocycles. The van der Waals surface area contributed by atoms with Gasteiger partial charge in [-0.2, -0.15) is 0 Å². The maximum absolute atomic E-state index is 12.4. The molecule has 1 amide bonds. The number of rotatable bonds is 6. The molecule has 1 N–H and O–H groups in total. The normalized spacial score (nSPS) is 11.0. The number of benzene rings is 2. The third-order valence-corrected chi connectivity index (χ3v) is 4.78. The first-order valence-electron chi connectivity index (χ1n) is 8.79. The van der Waals surface area contributed by atoms with Crippen LogP contribution in [0, 0.1) is 0 Å². The second-order valence-electron chi connectivity index (χ2n) is 6.46. The van der Waals surface area contributed by atoms with E-state index in [1.165, 1.54) is 0 Å². The predicted octanol–water partition coefficient (Wildman–Crippen LogP) is 4.79. The number of nitrogens with one attached hydrogen (secondary N) is 1. The number of carbonyl (C=O) groups is 1. The minimum atomic E-state index is -0.0270. The number of para-hydroxylation sites is 1. The Morgan fingerprint density at radius 3 is 2.63 bits per heavy atom. The minimum absolute atomic E-state index is 0.0270. The molecule has 0 aliphatic rings. The van der Waals surface area contributed by atoms with Gasteiger partial charge >= 0.3 is 0 Å².